The summed E-state index contributed by atoms with van der Waals surface area (Å²) in [5.41, 5.74) is 1.15. The lowest BCUT2D eigenvalue weighted by atomic mass is 10.1. The average molecular weight is 333 g/mol. The predicted octanol–water partition coefficient (Wildman–Crippen LogP) is 1.44. The minimum atomic E-state index is -0.432. The van der Waals surface area contributed by atoms with Gasteiger partial charge in [0.15, 0.2) is 0 Å². The number of amides is 3. The molecule has 2 saturated heterocycles. The molecular weight excluding hydrogens is 314 g/mol. The third-order valence-electron chi connectivity index (χ3n) is 4.39. The smallest absolute Gasteiger partial charge is 0.251 e. The number of nitrogens with one attached hydrogen (secondary N) is 2. The van der Waals surface area contributed by atoms with Gasteiger partial charge in [-0.2, -0.15) is 0 Å². The standard InChI is InChI=1S/C16H19N3O3S/c1-16-8-7-13(20)19(16)12(9-23-16)15(22)18-11-5-3-10(4-6-11)14(21)17-2/h3-6,12H,7-9H2,1-2H3,(H,17,21)(H,18,22)/t12-,16+/m1/s1. The van der Waals surface area contributed by atoms with Crippen molar-refractivity contribution in [1.82, 2.24) is 10.2 Å². The maximum atomic E-state index is 12.5. The maximum absolute atomic E-state index is 12.5. The summed E-state index contributed by atoms with van der Waals surface area (Å²) in [5.74, 6) is 0.315. The molecule has 0 bridgehead atoms. The Bertz CT molecular complexity index is 661. The molecule has 3 rings (SSSR count). The van der Waals surface area contributed by atoms with Crippen molar-refractivity contribution in [2.24, 2.45) is 0 Å². The number of hydrogen-bond acceptors (Lipinski definition) is 4. The molecule has 0 aliphatic carbocycles. The van der Waals surface area contributed by atoms with Crippen LogP contribution in [0.3, 0.4) is 0 Å². The Morgan fingerprint density at radius 3 is 2.65 bits per heavy atom. The van der Waals surface area contributed by atoms with E-state index in [4.69, 9.17) is 0 Å². The van der Waals surface area contributed by atoms with Crippen LogP contribution in [-0.4, -0.2) is 46.3 Å². The number of rotatable bonds is 3. The van der Waals surface area contributed by atoms with Crippen LogP contribution in [0, 0.1) is 0 Å². The van der Waals surface area contributed by atoms with Crippen molar-refractivity contribution in [3.05, 3.63) is 29.8 Å². The van der Waals surface area contributed by atoms with Crippen molar-refractivity contribution in [2.45, 2.75) is 30.7 Å². The van der Waals surface area contributed by atoms with E-state index in [9.17, 15) is 14.4 Å². The molecule has 2 aliphatic rings. The molecule has 0 saturated carbocycles. The SMILES string of the molecule is CNC(=O)c1ccc(NC(=O)[C@H]2CS[C@@]3(C)CCC(=O)N23)cc1. The second-order valence-electron chi connectivity index (χ2n) is 5.91. The van der Waals surface area contributed by atoms with Gasteiger partial charge in [-0.05, 0) is 37.6 Å². The van der Waals surface area contributed by atoms with E-state index in [-0.39, 0.29) is 22.6 Å². The van der Waals surface area contributed by atoms with Gasteiger partial charge in [-0.25, -0.2) is 0 Å². The number of benzene rings is 1. The highest BCUT2D eigenvalue weighted by atomic mass is 32.2. The summed E-state index contributed by atoms with van der Waals surface area (Å²) >= 11 is 1.67. The highest BCUT2D eigenvalue weighted by Crippen LogP contribution is 2.47. The van der Waals surface area contributed by atoms with Gasteiger partial charge >= 0.3 is 0 Å². The molecule has 6 nitrogen and oxygen atoms in total. The van der Waals surface area contributed by atoms with Gasteiger partial charge in [-0.3, -0.25) is 14.4 Å². The van der Waals surface area contributed by atoms with Crippen LogP contribution in [0.25, 0.3) is 0 Å². The van der Waals surface area contributed by atoms with Gasteiger partial charge in [0.2, 0.25) is 11.8 Å². The quantitative estimate of drug-likeness (QED) is 0.877. The normalized spacial score (nSPS) is 26.1. The zero-order valence-electron chi connectivity index (χ0n) is 13.1. The summed E-state index contributed by atoms with van der Waals surface area (Å²) in [5, 5.41) is 5.39. The largest absolute Gasteiger partial charge is 0.355 e. The monoisotopic (exact) mass is 333 g/mol. The molecular formula is C16H19N3O3S. The lowest BCUT2D eigenvalue weighted by Gasteiger charge is -2.29. The molecule has 2 fully saturated rings. The van der Waals surface area contributed by atoms with E-state index >= 15 is 0 Å². The fraction of sp³-hybridized carbons (Fsp3) is 0.438. The minimum absolute atomic E-state index is 0.0487. The summed E-state index contributed by atoms with van der Waals surface area (Å²) in [6, 6.07) is 6.26. The van der Waals surface area contributed by atoms with Gasteiger partial charge < -0.3 is 15.5 Å². The van der Waals surface area contributed by atoms with E-state index in [1.807, 2.05) is 6.92 Å². The molecule has 2 aliphatic heterocycles. The fourth-order valence-electron chi connectivity index (χ4n) is 3.09. The topological polar surface area (TPSA) is 78.5 Å². The average Bonchev–Trinajstić information content (AvgIpc) is 3.04. The lowest BCUT2D eigenvalue weighted by Crippen LogP contribution is -2.48. The van der Waals surface area contributed by atoms with Crippen LogP contribution < -0.4 is 10.6 Å². The van der Waals surface area contributed by atoms with E-state index in [0.29, 0.717) is 23.4 Å². The van der Waals surface area contributed by atoms with Gasteiger partial charge in [-0.1, -0.05) is 0 Å². The molecule has 2 N–H and O–H groups in total. The minimum Gasteiger partial charge on any atom is -0.355 e. The molecule has 1 aromatic carbocycles. The maximum Gasteiger partial charge on any atom is 0.251 e. The first kappa shape index (κ1) is 15.9. The van der Waals surface area contributed by atoms with E-state index in [0.717, 1.165) is 6.42 Å². The predicted molar refractivity (Wildman–Crippen MR) is 89.2 cm³/mol. The molecule has 0 radical (unpaired) electrons. The lowest BCUT2D eigenvalue weighted by molar-refractivity contribution is -0.135. The first-order chi connectivity index (χ1) is 10.9. The van der Waals surface area contributed by atoms with Gasteiger partial charge in [-0.15, -0.1) is 11.8 Å². The van der Waals surface area contributed by atoms with Crippen molar-refractivity contribution in [3.63, 3.8) is 0 Å². The van der Waals surface area contributed by atoms with Crippen LogP contribution in [0.15, 0.2) is 24.3 Å². The second kappa shape index (κ2) is 5.88. The summed E-state index contributed by atoms with van der Waals surface area (Å²) in [6.45, 7) is 2.02. The number of fused-ring (bicyclic) bond motifs is 1. The van der Waals surface area contributed by atoms with Crippen molar-refractivity contribution in [2.75, 3.05) is 18.1 Å². The molecule has 2 atom stereocenters. The summed E-state index contributed by atoms with van der Waals surface area (Å²) in [7, 11) is 1.57. The Hall–Kier alpha value is -2.02. The second-order valence-corrected chi connectivity index (χ2v) is 7.41. The van der Waals surface area contributed by atoms with Gasteiger partial charge in [0, 0.05) is 30.5 Å². The number of nitrogens with zero attached hydrogens (tertiary/aromatic N) is 1. The van der Waals surface area contributed by atoms with Crippen LogP contribution in [0.5, 0.6) is 0 Å². The Balaban J connectivity index is 1.70. The van der Waals surface area contributed by atoms with Crippen LogP contribution in [-0.2, 0) is 9.59 Å². The number of thioether (sulfide) groups is 1. The summed E-state index contributed by atoms with van der Waals surface area (Å²) in [4.78, 5) is 37.6. The van der Waals surface area contributed by atoms with Crippen molar-refractivity contribution in [3.8, 4) is 0 Å². The zero-order chi connectivity index (χ0) is 16.6. The van der Waals surface area contributed by atoms with Crippen molar-refractivity contribution >= 4 is 35.2 Å². The molecule has 122 valence electrons. The van der Waals surface area contributed by atoms with E-state index in [1.165, 1.54) is 0 Å². The van der Waals surface area contributed by atoms with Crippen molar-refractivity contribution < 1.29 is 14.4 Å². The number of anilines is 1. The highest BCUT2D eigenvalue weighted by molar-refractivity contribution is 8.01. The molecule has 1 aromatic rings. The molecule has 0 spiro atoms. The van der Waals surface area contributed by atoms with Gasteiger partial charge in [0.05, 0.1) is 4.87 Å². The van der Waals surface area contributed by atoms with Gasteiger partial charge in [0.25, 0.3) is 5.91 Å². The fourth-order valence-corrected chi connectivity index (χ4v) is 4.52. The molecule has 3 amide bonds. The first-order valence-corrected chi connectivity index (χ1v) is 8.52. The Morgan fingerprint density at radius 1 is 1.30 bits per heavy atom. The first-order valence-electron chi connectivity index (χ1n) is 7.54. The van der Waals surface area contributed by atoms with E-state index in [1.54, 1.807) is 48.0 Å². The van der Waals surface area contributed by atoms with Crippen LogP contribution in [0.2, 0.25) is 0 Å². The van der Waals surface area contributed by atoms with Crippen molar-refractivity contribution in [1.29, 1.82) is 0 Å². The third kappa shape index (κ3) is 2.81. The van der Waals surface area contributed by atoms with Crippen LogP contribution in [0.1, 0.15) is 30.1 Å². The number of carbonyl (C=O) groups is 3. The summed E-state index contributed by atoms with van der Waals surface area (Å²) < 4.78 is 0. The number of carbonyl (C=O) groups excluding carboxylic acids is 3. The molecule has 0 aromatic heterocycles. The van der Waals surface area contributed by atoms with E-state index < -0.39 is 6.04 Å². The summed E-state index contributed by atoms with van der Waals surface area (Å²) in [6.07, 6.45) is 1.30. The zero-order valence-corrected chi connectivity index (χ0v) is 13.9. The Kier molecular flexibility index (Phi) is 4.06. The van der Waals surface area contributed by atoms with Crippen LogP contribution >= 0.6 is 11.8 Å². The molecule has 0 unspecified atom stereocenters. The molecule has 23 heavy (non-hydrogen) atoms. The Labute approximate surface area is 139 Å². The third-order valence-corrected chi connectivity index (χ3v) is 5.89. The van der Waals surface area contributed by atoms with E-state index in [2.05, 4.69) is 10.6 Å². The Morgan fingerprint density at radius 2 is 2.00 bits per heavy atom. The molecule has 7 heteroatoms. The van der Waals surface area contributed by atoms with Crippen LogP contribution in [0.4, 0.5) is 5.69 Å². The van der Waals surface area contributed by atoms with Gasteiger partial charge in [0.1, 0.15) is 6.04 Å². The molecule has 2 heterocycles. The number of hydrogen-bond donors (Lipinski definition) is 2. The highest BCUT2D eigenvalue weighted by Gasteiger charge is 2.52.